The number of hydrogen-bond donors (Lipinski definition) is 2. The zero-order valence-electron chi connectivity index (χ0n) is 16.3. The fourth-order valence-corrected chi connectivity index (χ4v) is 4.40. The number of anilines is 1. The van der Waals surface area contributed by atoms with Crippen LogP contribution in [0.5, 0.6) is 5.75 Å². The number of nitrogens with one attached hydrogen (secondary N) is 2. The van der Waals surface area contributed by atoms with Crippen molar-refractivity contribution in [2.75, 3.05) is 19.0 Å². The molecule has 3 heterocycles. The number of rotatable bonds is 6. The van der Waals surface area contributed by atoms with E-state index in [0.29, 0.717) is 30.2 Å². The highest BCUT2D eigenvalue weighted by molar-refractivity contribution is 7.15. The molecule has 10 heteroatoms. The highest BCUT2D eigenvalue weighted by atomic mass is 32.1. The molecule has 1 aromatic carbocycles. The van der Waals surface area contributed by atoms with Gasteiger partial charge in [-0.1, -0.05) is 12.1 Å². The Balaban J connectivity index is 1.35. The standard InChI is InChI=1S/C20H19N5O3S2/c1-12-5-6-15(28-2)14(10-12)22-19(27)18(26)21-8-7-13-11-30-20-23-17(24-25(13)20)16-4-3-9-29-16/h3-6,9-11H,7-8H2,1-2H3,(H,21,26)(H,22,27). The third-order valence-electron chi connectivity index (χ3n) is 4.37. The van der Waals surface area contributed by atoms with Crippen LogP contribution in [0.3, 0.4) is 0 Å². The number of benzene rings is 1. The van der Waals surface area contributed by atoms with Gasteiger partial charge >= 0.3 is 11.8 Å². The first kappa shape index (κ1) is 20.0. The summed E-state index contributed by atoms with van der Waals surface area (Å²) in [7, 11) is 1.51. The van der Waals surface area contributed by atoms with E-state index in [9.17, 15) is 9.59 Å². The number of amides is 2. The molecular formula is C20H19N5O3S2. The number of carbonyl (C=O) groups excluding carboxylic acids is 2. The van der Waals surface area contributed by atoms with Crippen molar-refractivity contribution in [3.63, 3.8) is 0 Å². The van der Waals surface area contributed by atoms with E-state index < -0.39 is 11.8 Å². The van der Waals surface area contributed by atoms with Crippen LogP contribution in [0.15, 0.2) is 41.1 Å². The maximum absolute atomic E-state index is 12.2. The lowest BCUT2D eigenvalue weighted by Crippen LogP contribution is -2.36. The fourth-order valence-electron chi connectivity index (χ4n) is 2.89. The van der Waals surface area contributed by atoms with Crippen molar-refractivity contribution >= 4 is 45.1 Å². The van der Waals surface area contributed by atoms with Gasteiger partial charge in [-0.3, -0.25) is 9.59 Å². The summed E-state index contributed by atoms with van der Waals surface area (Å²) in [5.41, 5.74) is 2.33. The van der Waals surface area contributed by atoms with Crippen molar-refractivity contribution in [3.8, 4) is 16.5 Å². The molecule has 0 bridgehead atoms. The molecule has 8 nitrogen and oxygen atoms in total. The molecule has 0 unspecified atom stereocenters. The summed E-state index contributed by atoms with van der Waals surface area (Å²) in [6, 6.07) is 9.30. The topological polar surface area (TPSA) is 97.6 Å². The molecule has 30 heavy (non-hydrogen) atoms. The number of methoxy groups -OCH3 is 1. The van der Waals surface area contributed by atoms with E-state index in [1.54, 1.807) is 28.0 Å². The summed E-state index contributed by atoms with van der Waals surface area (Å²) in [6.07, 6.45) is 0.528. The van der Waals surface area contributed by atoms with Gasteiger partial charge in [0.2, 0.25) is 4.96 Å². The monoisotopic (exact) mass is 441 g/mol. The van der Waals surface area contributed by atoms with E-state index >= 15 is 0 Å². The number of aryl methyl sites for hydroxylation is 1. The molecule has 0 radical (unpaired) electrons. The summed E-state index contributed by atoms with van der Waals surface area (Å²) in [5.74, 6) is -0.262. The maximum Gasteiger partial charge on any atom is 0.313 e. The van der Waals surface area contributed by atoms with Crippen LogP contribution >= 0.6 is 22.7 Å². The largest absolute Gasteiger partial charge is 0.495 e. The highest BCUT2D eigenvalue weighted by Gasteiger charge is 2.17. The van der Waals surface area contributed by atoms with Crippen LogP contribution in [0.25, 0.3) is 15.7 Å². The van der Waals surface area contributed by atoms with E-state index in [1.807, 2.05) is 35.9 Å². The zero-order chi connectivity index (χ0) is 21.1. The minimum Gasteiger partial charge on any atom is -0.495 e. The number of hydrogen-bond acceptors (Lipinski definition) is 7. The van der Waals surface area contributed by atoms with E-state index in [0.717, 1.165) is 21.1 Å². The summed E-state index contributed by atoms with van der Waals surface area (Å²) in [4.78, 5) is 30.8. The SMILES string of the molecule is COc1ccc(C)cc1NC(=O)C(=O)NCCc1csc2nc(-c3cccs3)nn12. The Labute approximate surface area is 180 Å². The van der Waals surface area contributed by atoms with Crippen LogP contribution in [0.2, 0.25) is 0 Å². The molecule has 0 fully saturated rings. The minimum atomic E-state index is -0.741. The quantitative estimate of drug-likeness (QED) is 0.448. The molecule has 0 spiro atoms. The molecular weight excluding hydrogens is 422 g/mol. The molecule has 0 saturated heterocycles. The molecule has 2 N–H and O–H groups in total. The summed E-state index contributed by atoms with van der Waals surface area (Å²) >= 11 is 3.08. The molecule has 0 atom stereocenters. The van der Waals surface area contributed by atoms with Gasteiger partial charge in [-0.25, -0.2) is 4.52 Å². The van der Waals surface area contributed by atoms with Crippen molar-refractivity contribution in [2.24, 2.45) is 0 Å². The van der Waals surface area contributed by atoms with Gasteiger partial charge in [0.1, 0.15) is 5.75 Å². The van der Waals surface area contributed by atoms with Gasteiger partial charge in [0.15, 0.2) is 5.82 Å². The van der Waals surface area contributed by atoms with Gasteiger partial charge in [0, 0.05) is 18.3 Å². The predicted octanol–water partition coefficient (Wildman–Crippen LogP) is 3.13. The maximum atomic E-state index is 12.2. The van der Waals surface area contributed by atoms with Crippen LogP contribution in [0.1, 0.15) is 11.3 Å². The first-order chi connectivity index (χ1) is 14.5. The van der Waals surface area contributed by atoms with Crippen LogP contribution in [-0.4, -0.2) is 40.1 Å². The van der Waals surface area contributed by atoms with Crippen molar-refractivity contribution in [3.05, 3.63) is 52.3 Å². The van der Waals surface area contributed by atoms with Crippen LogP contribution in [0.4, 0.5) is 5.69 Å². The molecule has 0 aliphatic rings. The van der Waals surface area contributed by atoms with Gasteiger partial charge in [-0.15, -0.1) is 27.8 Å². The van der Waals surface area contributed by atoms with E-state index in [2.05, 4.69) is 20.7 Å². The smallest absolute Gasteiger partial charge is 0.313 e. The third kappa shape index (κ3) is 4.19. The van der Waals surface area contributed by atoms with Crippen LogP contribution < -0.4 is 15.4 Å². The number of thiazole rings is 1. The van der Waals surface area contributed by atoms with Crippen molar-refractivity contribution < 1.29 is 14.3 Å². The second-order valence-electron chi connectivity index (χ2n) is 6.50. The molecule has 0 aliphatic carbocycles. The molecule has 154 valence electrons. The molecule has 0 aliphatic heterocycles. The first-order valence-electron chi connectivity index (χ1n) is 9.16. The van der Waals surface area contributed by atoms with Gasteiger partial charge in [-0.05, 0) is 36.1 Å². The van der Waals surface area contributed by atoms with E-state index in [1.165, 1.54) is 18.4 Å². The van der Waals surface area contributed by atoms with Crippen LogP contribution in [0, 0.1) is 6.92 Å². The normalized spacial score (nSPS) is 10.9. The Morgan fingerprint density at radius 2 is 2.07 bits per heavy atom. The van der Waals surface area contributed by atoms with Crippen molar-refractivity contribution in [2.45, 2.75) is 13.3 Å². The second kappa shape index (κ2) is 8.64. The number of aromatic nitrogens is 3. The van der Waals surface area contributed by atoms with Gasteiger partial charge < -0.3 is 15.4 Å². The Morgan fingerprint density at radius 1 is 1.20 bits per heavy atom. The number of fused-ring (bicyclic) bond motifs is 1. The lowest BCUT2D eigenvalue weighted by atomic mass is 10.2. The lowest BCUT2D eigenvalue weighted by Gasteiger charge is -2.11. The molecule has 3 aromatic heterocycles. The minimum absolute atomic E-state index is 0.303. The summed E-state index contributed by atoms with van der Waals surface area (Å²) < 4.78 is 7.00. The van der Waals surface area contributed by atoms with Crippen LogP contribution in [-0.2, 0) is 16.0 Å². The average molecular weight is 442 g/mol. The van der Waals surface area contributed by atoms with Gasteiger partial charge in [-0.2, -0.15) is 4.98 Å². The Bertz CT molecular complexity index is 1200. The Kier molecular flexibility index (Phi) is 5.77. The molecule has 2 amide bonds. The Morgan fingerprint density at radius 3 is 2.83 bits per heavy atom. The second-order valence-corrected chi connectivity index (χ2v) is 8.28. The van der Waals surface area contributed by atoms with E-state index in [-0.39, 0.29) is 0 Å². The summed E-state index contributed by atoms with van der Waals surface area (Å²) in [6.45, 7) is 2.20. The molecule has 0 saturated carbocycles. The van der Waals surface area contributed by atoms with Crippen molar-refractivity contribution in [1.82, 2.24) is 19.9 Å². The van der Waals surface area contributed by atoms with E-state index in [4.69, 9.17) is 4.74 Å². The molecule has 4 rings (SSSR count). The fraction of sp³-hybridized carbons (Fsp3) is 0.200. The lowest BCUT2D eigenvalue weighted by molar-refractivity contribution is -0.136. The Hall–Kier alpha value is -3.24. The number of ether oxygens (including phenoxy) is 1. The summed E-state index contributed by atoms with van der Waals surface area (Å²) in [5, 5.41) is 13.7. The highest BCUT2D eigenvalue weighted by Crippen LogP contribution is 2.25. The number of thiophene rings is 1. The first-order valence-corrected chi connectivity index (χ1v) is 10.9. The zero-order valence-corrected chi connectivity index (χ0v) is 18.0. The van der Waals surface area contributed by atoms with Gasteiger partial charge in [0.25, 0.3) is 0 Å². The van der Waals surface area contributed by atoms with Crippen molar-refractivity contribution in [1.29, 1.82) is 0 Å². The average Bonchev–Trinajstić information content (AvgIpc) is 3.46. The predicted molar refractivity (Wildman–Crippen MR) is 117 cm³/mol. The van der Waals surface area contributed by atoms with Gasteiger partial charge in [0.05, 0.1) is 23.4 Å². The number of carbonyl (C=O) groups is 2. The third-order valence-corrected chi connectivity index (χ3v) is 6.10. The molecule has 4 aromatic rings. The number of nitrogens with zero attached hydrogens (tertiary/aromatic N) is 3.